The maximum atomic E-state index is 5.32. The SMILES string of the molecule is CONc1cnc(N)s1. The van der Waals surface area contributed by atoms with Crippen molar-refractivity contribution in [1.29, 1.82) is 0 Å². The van der Waals surface area contributed by atoms with Crippen LogP contribution in [-0.2, 0) is 4.84 Å². The maximum Gasteiger partial charge on any atom is 0.182 e. The summed E-state index contributed by atoms with van der Waals surface area (Å²) in [4.78, 5) is 8.40. The molecule has 1 aromatic rings. The lowest BCUT2D eigenvalue weighted by atomic mass is 10.9. The van der Waals surface area contributed by atoms with E-state index in [1.165, 1.54) is 18.4 Å². The molecule has 0 unspecified atom stereocenters. The van der Waals surface area contributed by atoms with Gasteiger partial charge in [0.2, 0.25) is 0 Å². The maximum absolute atomic E-state index is 5.32. The van der Waals surface area contributed by atoms with Gasteiger partial charge in [0, 0.05) is 0 Å². The molecule has 9 heavy (non-hydrogen) atoms. The Morgan fingerprint density at radius 3 is 3.11 bits per heavy atom. The van der Waals surface area contributed by atoms with Gasteiger partial charge in [-0.25, -0.2) is 4.98 Å². The van der Waals surface area contributed by atoms with Crippen molar-refractivity contribution in [1.82, 2.24) is 4.98 Å². The highest BCUT2D eigenvalue weighted by Crippen LogP contribution is 2.19. The van der Waals surface area contributed by atoms with Gasteiger partial charge in [-0.2, -0.15) is 0 Å². The molecule has 0 aliphatic heterocycles. The first-order valence-corrected chi connectivity index (χ1v) is 3.15. The number of aromatic nitrogens is 1. The van der Waals surface area contributed by atoms with Crippen LogP contribution in [0.15, 0.2) is 6.20 Å². The average molecular weight is 145 g/mol. The Morgan fingerprint density at radius 2 is 2.67 bits per heavy atom. The second-order valence-corrected chi connectivity index (χ2v) is 2.43. The predicted octanol–water partition coefficient (Wildman–Crippen LogP) is 0.699. The largest absolute Gasteiger partial charge is 0.375 e. The first-order valence-electron chi connectivity index (χ1n) is 2.33. The van der Waals surface area contributed by atoms with Crippen LogP contribution < -0.4 is 11.2 Å². The standard InChI is InChI=1S/C4H7N3OS/c1-8-7-3-2-6-4(5)9-3/h2,7H,1H3,(H2,5,6). The van der Waals surface area contributed by atoms with Crippen LogP contribution in [0.4, 0.5) is 10.1 Å². The normalized spacial score (nSPS) is 9.44. The third-order valence-electron chi connectivity index (χ3n) is 0.726. The topological polar surface area (TPSA) is 60.2 Å². The van der Waals surface area contributed by atoms with Crippen molar-refractivity contribution < 1.29 is 4.84 Å². The molecular weight excluding hydrogens is 138 g/mol. The van der Waals surface area contributed by atoms with Crippen molar-refractivity contribution in [3.8, 4) is 0 Å². The molecular formula is C4H7N3OS. The number of anilines is 2. The lowest BCUT2D eigenvalue weighted by Gasteiger charge is -1.93. The van der Waals surface area contributed by atoms with E-state index in [0.29, 0.717) is 5.13 Å². The van der Waals surface area contributed by atoms with Crippen LogP contribution in [0.2, 0.25) is 0 Å². The smallest absolute Gasteiger partial charge is 0.182 e. The van der Waals surface area contributed by atoms with Crippen LogP contribution in [0.3, 0.4) is 0 Å². The van der Waals surface area contributed by atoms with Gasteiger partial charge in [0.15, 0.2) is 5.13 Å². The van der Waals surface area contributed by atoms with Gasteiger partial charge < -0.3 is 5.73 Å². The Kier molecular flexibility index (Phi) is 1.86. The minimum atomic E-state index is 0.537. The summed E-state index contributed by atoms with van der Waals surface area (Å²) in [5.74, 6) is 0. The first kappa shape index (κ1) is 6.31. The lowest BCUT2D eigenvalue weighted by molar-refractivity contribution is 0.272. The number of nitrogen functional groups attached to an aromatic ring is 1. The summed E-state index contributed by atoms with van der Waals surface area (Å²) in [6.07, 6.45) is 1.61. The Balaban J connectivity index is 2.61. The Labute approximate surface area is 56.6 Å². The van der Waals surface area contributed by atoms with Gasteiger partial charge in [-0.05, 0) is 0 Å². The molecule has 3 N–H and O–H groups in total. The molecule has 1 heterocycles. The molecule has 4 nitrogen and oxygen atoms in total. The number of thiazole rings is 1. The fourth-order valence-electron chi connectivity index (χ4n) is 0.435. The van der Waals surface area contributed by atoms with Gasteiger partial charge in [-0.1, -0.05) is 11.3 Å². The van der Waals surface area contributed by atoms with E-state index in [2.05, 4.69) is 15.3 Å². The average Bonchev–Trinajstić information content (AvgIpc) is 2.17. The molecule has 5 heteroatoms. The van der Waals surface area contributed by atoms with Gasteiger partial charge >= 0.3 is 0 Å². The number of nitrogens with zero attached hydrogens (tertiary/aromatic N) is 1. The number of nitrogens with one attached hydrogen (secondary N) is 1. The van der Waals surface area contributed by atoms with Crippen molar-refractivity contribution in [2.75, 3.05) is 18.3 Å². The molecule has 0 aromatic carbocycles. The van der Waals surface area contributed by atoms with Crippen molar-refractivity contribution in [3.63, 3.8) is 0 Å². The molecule has 0 amide bonds. The summed E-state index contributed by atoms with van der Waals surface area (Å²) in [6, 6.07) is 0. The molecule has 1 aromatic heterocycles. The minimum absolute atomic E-state index is 0.537. The van der Waals surface area contributed by atoms with E-state index in [4.69, 9.17) is 5.73 Å². The van der Waals surface area contributed by atoms with Gasteiger partial charge in [-0.15, -0.1) is 0 Å². The van der Waals surface area contributed by atoms with Gasteiger partial charge in [0.1, 0.15) is 5.00 Å². The Bertz CT molecular complexity index is 188. The van der Waals surface area contributed by atoms with E-state index < -0.39 is 0 Å². The molecule has 0 aliphatic rings. The zero-order chi connectivity index (χ0) is 6.69. The van der Waals surface area contributed by atoms with Crippen molar-refractivity contribution in [2.24, 2.45) is 0 Å². The minimum Gasteiger partial charge on any atom is -0.375 e. The zero-order valence-electron chi connectivity index (χ0n) is 4.92. The molecule has 0 spiro atoms. The summed E-state index contributed by atoms with van der Waals surface area (Å²) in [5, 5.41) is 1.35. The zero-order valence-corrected chi connectivity index (χ0v) is 5.73. The molecule has 1 rings (SSSR count). The van der Waals surface area contributed by atoms with E-state index in [0.717, 1.165) is 5.00 Å². The molecule has 0 bridgehead atoms. The van der Waals surface area contributed by atoms with E-state index in [-0.39, 0.29) is 0 Å². The molecule has 0 saturated heterocycles. The van der Waals surface area contributed by atoms with Crippen LogP contribution in [0.1, 0.15) is 0 Å². The van der Waals surface area contributed by atoms with Gasteiger partial charge in [-0.3, -0.25) is 10.3 Å². The van der Waals surface area contributed by atoms with Crippen LogP contribution in [0.5, 0.6) is 0 Å². The second kappa shape index (κ2) is 2.65. The Morgan fingerprint density at radius 1 is 1.89 bits per heavy atom. The van der Waals surface area contributed by atoms with Crippen LogP contribution in [-0.4, -0.2) is 12.1 Å². The van der Waals surface area contributed by atoms with Crippen molar-refractivity contribution >= 4 is 21.5 Å². The summed E-state index contributed by atoms with van der Waals surface area (Å²) in [5.41, 5.74) is 7.93. The predicted molar refractivity (Wildman–Crippen MR) is 37.2 cm³/mol. The summed E-state index contributed by atoms with van der Waals surface area (Å²) in [6.45, 7) is 0. The summed E-state index contributed by atoms with van der Waals surface area (Å²) >= 11 is 1.34. The molecule has 0 fully saturated rings. The van der Waals surface area contributed by atoms with E-state index in [9.17, 15) is 0 Å². The van der Waals surface area contributed by atoms with Crippen molar-refractivity contribution in [2.45, 2.75) is 0 Å². The van der Waals surface area contributed by atoms with E-state index in [1.807, 2.05) is 0 Å². The highest BCUT2D eigenvalue weighted by molar-refractivity contribution is 7.19. The highest BCUT2D eigenvalue weighted by Gasteiger charge is 1.93. The third-order valence-corrected chi connectivity index (χ3v) is 1.45. The molecule has 0 atom stereocenters. The number of nitrogens with two attached hydrogens (primary N) is 1. The number of hydrogen-bond acceptors (Lipinski definition) is 5. The monoisotopic (exact) mass is 145 g/mol. The quantitative estimate of drug-likeness (QED) is 0.601. The summed E-state index contributed by atoms with van der Waals surface area (Å²) in [7, 11) is 1.54. The first-order chi connectivity index (χ1) is 4.33. The molecule has 0 aliphatic carbocycles. The molecule has 50 valence electrons. The fourth-order valence-corrected chi connectivity index (χ4v) is 0.997. The Hall–Kier alpha value is -0.810. The molecule has 0 radical (unpaired) electrons. The van der Waals surface area contributed by atoms with Crippen LogP contribution >= 0.6 is 11.3 Å². The van der Waals surface area contributed by atoms with Gasteiger partial charge in [0.25, 0.3) is 0 Å². The highest BCUT2D eigenvalue weighted by atomic mass is 32.1. The van der Waals surface area contributed by atoms with E-state index in [1.54, 1.807) is 6.20 Å². The molecule has 0 saturated carbocycles. The lowest BCUT2D eigenvalue weighted by Crippen LogP contribution is -1.91. The fraction of sp³-hybridized carbons (Fsp3) is 0.250. The van der Waals surface area contributed by atoms with Crippen LogP contribution in [0.25, 0.3) is 0 Å². The second-order valence-electron chi connectivity index (χ2n) is 1.37. The summed E-state index contributed by atoms with van der Waals surface area (Å²) < 4.78 is 0. The van der Waals surface area contributed by atoms with Crippen molar-refractivity contribution in [3.05, 3.63) is 6.20 Å². The number of rotatable bonds is 2. The van der Waals surface area contributed by atoms with Gasteiger partial charge in [0.05, 0.1) is 13.3 Å². The van der Waals surface area contributed by atoms with Crippen LogP contribution in [0, 0.1) is 0 Å². The van der Waals surface area contributed by atoms with E-state index >= 15 is 0 Å². The third kappa shape index (κ3) is 1.55. The number of hydrogen-bond donors (Lipinski definition) is 2.